The van der Waals surface area contributed by atoms with Crippen LogP contribution in [0.15, 0.2) is 30.5 Å². The molecule has 1 aliphatic rings. The van der Waals surface area contributed by atoms with E-state index in [0.717, 1.165) is 17.0 Å². The summed E-state index contributed by atoms with van der Waals surface area (Å²) in [5.74, 6) is 0.821. The molecule has 0 aliphatic carbocycles. The van der Waals surface area contributed by atoms with Crippen LogP contribution in [0.5, 0.6) is 5.75 Å². The Morgan fingerprint density at radius 1 is 1.38 bits per heavy atom. The first-order valence-corrected chi connectivity index (χ1v) is 8.93. The van der Waals surface area contributed by atoms with E-state index in [4.69, 9.17) is 9.47 Å². The van der Waals surface area contributed by atoms with Crippen LogP contribution in [0.1, 0.15) is 32.0 Å². The highest BCUT2D eigenvalue weighted by Crippen LogP contribution is 2.21. The molecule has 2 N–H and O–H groups in total. The van der Waals surface area contributed by atoms with Crippen molar-refractivity contribution in [2.45, 2.75) is 57.5 Å². The van der Waals surface area contributed by atoms with Crippen LogP contribution in [-0.4, -0.2) is 52.1 Å². The number of nitrogens with one attached hydrogen (secondary N) is 1. The fourth-order valence-electron chi connectivity index (χ4n) is 3.04. The zero-order valence-electron chi connectivity index (χ0n) is 15.8. The number of aliphatic hydroxyl groups excluding tert-OH is 1. The topological polar surface area (TPSA) is 81.4 Å². The van der Waals surface area contributed by atoms with Crippen molar-refractivity contribution < 1.29 is 14.6 Å². The average Bonchev–Trinajstić information content (AvgIpc) is 3.21. The van der Waals surface area contributed by atoms with E-state index in [1.807, 2.05) is 30.5 Å². The molecule has 0 unspecified atom stereocenters. The van der Waals surface area contributed by atoms with E-state index < -0.39 is 6.10 Å². The number of nitrogens with zero attached hydrogens (tertiary/aromatic N) is 3. The third-order valence-corrected chi connectivity index (χ3v) is 4.65. The van der Waals surface area contributed by atoms with E-state index in [1.165, 1.54) is 0 Å². The third-order valence-electron chi connectivity index (χ3n) is 4.65. The number of benzene rings is 1. The van der Waals surface area contributed by atoms with Crippen molar-refractivity contribution in [2.75, 3.05) is 13.7 Å². The zero-order chi connectivity index (χ0) is 18.7. The van der Waals surface area contributed by atoms with Gasteiger partial charge in [0.05, 0.1) is 44.2 Å². The SMILES string of the molecule is COc1cccc(CN[C@@H]2[C@@H](O)CO[C@@H]2Cn2cc(C(C)(C)C)nn2)c1. The van der Waals surface area contributed by atoms with E-state index in [-0.39, 0.29) is 17.6 Å². The molecule has 0 amide bonds. The summed E-state index contributed by atoms with van der Waals surface area (Å²) in [5.41, 5.74) is 1.99. The van der Waals surface area contributed by atoms with Gasteiger partial charge in [-0.15, -0.1) is 5.10 Å². The summed E-state index contributed by atoms with van der Waals surface area (Å²) in [6, 6.07) is 7.72. The van der Waals surface area contributed by atoms with Crippen LogP contribution in [-0.2, 0) is 23.2 Å². The molecular weight excluding hydrogens is 332 g/mol. The molecule has 1 aromatic heterocycles. The van der Waals surface area contributed by atoms with E-state index >= 15 is 0 Å². The van der Waals surface area contributed by atoms with Gasteiger partial charge < -0.3 is 19.9 Å². The van der Waals surface area contributed by atoms with Gasteiger partial charge in [-0.1, -0.05) is 38.1 Å². The lowest BCUT2D eigenvalue weighted by atomic mass is 9.93. The van der Waals surface area contributed by atoms with Gasteiger partial charge in [0.25, 0.3) is 0 Å². The Kier molecular flexibility index (Phi) is 5.60. The summed E-state index contributed by atoms with van der Waals surface area (Å²) >= 11 is 0. The quantitative estimate of drug-likeness (QED) is 0.813. The fourth-order valence-corrected chi connectivity index (χ4v) is 3.04. The number of methoxy groups -OCH3 is 1. The van der Waals surface area contributed by atoms with Crippen molar-refractivity contribution in [3.05, 3.63) is 41.7 Å². The molecule has 0 radical (unpaired) electrons. The van der Waals surface area contributed by atoms with Gasteiger partial charge in [-0.25, -0.2) is 4.68 Å². The molecule has 0 bridgehead atoms. The van der Waals surface area contributed by atoms with Gasteiger partial charge >= 0.3 is 0 Å². The van der Waals surface area contributed by atoms with Crippen LogP contribution in [0, 0.1) is 0 Å². The van der Waals surface area contributed by atoms with E-state index in [0.29, 0.717) is 19.7 Å². The molecule has 0 spiro atoms. The van der Waals surface area contributed by atoms with Gasteiger partial charge in [-0.05, 0) is 17.7 Å². The van der Waals surface area contributed by atoms with Gasteiger partial charge in [0.15, 0.2) is 0 Å². The Hall–Kier alpha value is -1.96. The molecule has 7 heteroatoms. The van der Waals surface area contributed by atoms with E-state index in [1.54, 1.807) is 11.8 Å². The molecule has 7 nitrogen and oxygen atoms in total. The molecular formula is C19H28N4O3. The summed E-state index contributed by atoms with van der Waals surface area (Å²) < 4.78 is 12.8. The third kappa shape index (κ3) is 4.41. The lowest BCUT2D eigenvalue weighted by Crippen LogP contribution is -2.45. The lowest BCUT2D eigenvalue weighted by molar-refractivity contribution is 0.0741. The van der Waals surface area contributed by atoms with Crippen LogP contribution in [0.25, 0.3) is 0 Å². The second-order valence-electron chi connectivity index (χ2n) is 7.77. The maximum Gasteiger partial charge on any atom is 0.119 e. The summed E-state index contributed by atoms with van der Waals surface area (Å²) in [7, 11) is 1.65. The highest BCUT2D eigenvalue weighted by atomic mass is 16.5. The molecule has 1 aromatic carbocycles. The number of hydrogen-bond acceptors (Lipinski definition) is 6. The highest BCUT2D eigenvalue weighted by molar-refractivity contribution is 5.28. The smallest absolute Gasteiger partial charge is 0.119 e. The normalized spacial score (nSPS) is 23.3. The number of aliphatic hydroxyl groups is 1. The summed E-state index contributed by atoms with van der Waals surface area (Å²) in [4.78, 5) is 0. The van der Waals surface area contributed by atoms with Gasteiger partial charge in [0.1, 0.15) is 5.75 Å². The monoisotopic (exact) mass is 360 g/mol. The molecule has 142 valence electrons. The molecule has 3 atom stereocenters. The maximum atomic E-state index is 10.3. The standard InChI is InChI=1S/C19H28N4O3/c1-19(2,3)17-11-23(22-21-17)10-16-18(15(24)12-26-16)20-9-13-6-5-7-14(8-13)25-4/h5-8,11,15-16,18,20,24H,9-10,12H2,1-4H3/t15-,16+,18+/m0/s1. The first-order valence-electron chi connectivity index (χ1n) is 8.93. The number of hydrogen-bond donors (Lipinski definition) is 2. The Balaban J connectivity index is 1.63. The fraction of sp³-hybridized carbons (Fsp3) is 0.579. The largest absolute Gasteiger partial charge is 0.497 e. The van der Waals surface area contributed by atoms with Crippen molar-refractivity contribution in [1.82, 2.24) is 20.3 Å². The Labute approximate surface area is 154 Å². The van der Waals surface area contributed by atoms with Crippen molar-refractivity contribution in [3.63, 3.8) is 0 Å². The number of rotatable bonds is 6. The van der Waals surface area contributed by atoms with Crippen LogP contribution >= 0.6 is 0 Å². The van der Waals surface area contributed by atoms with Crippen molar-refractivity contribution in [3.8, 4) is 5.75 Å². The number of ether oxygens (including phenoxy) is 2. The molecule has 0 saturated carbocycles. The van der Waals surface area contributed by atoms with Crippen LogP contribution in [0.3, 0.4) is 0 Å². The minimum absolute atomic E-state index is 0.0433. The molecule has 1 fully saturated rings. The van der Waals surface area contributed by atoms with E-state index in [2.05, 4.69) is 36.4 Å². The number of aromatic nitrogens is 3. The Morgan fingerprint density at radius 2 is 2.19 bits per heavy atom. The second-order valence-corrected chi connectivity index (χ2v) is 7.77. The van der Waals surface area contributed by atoms with E-state index in [9.17, 15) is 5.11 Å². The minimum Gasteiger partial charge on any atom is -0.497 e. The van der Waals surface area contributed by atoms with Gasteiger partial charge in [0, 0.05) is 18.2 Å². The minimum atomic E-state index is -0.545. The van der Waals surface area contributed by atoms with Crippen molar-refractivity contribution >= 4 is 0 Å². The molecule has 1 aliphatic heterocycles. The Morgan fingerprint density at radius 3 is 2.88 bits per heavy atom. The van der Waals surface area contributed by atoms with Gasteiger partial charge in [-0.2, -0.15) is 0 Å². The predicted octanol–water partition coefficient (Wildman–Crippen LogP) is 1.50. The summed E-state index contributed by atoms with van der Waals surface area (Å²) in [6.45, 7) is 7.82. The zero-order valence-corrected chi connectivity index (χ0v) is 15.8. The molecule has 3 rings (SSSR count). The van der Waals surface area contributed by atoms with Crippen molar-refractivity contribution in [1.29, 1.82) is 0 Å². The van der Waals surface area contributed by atoms with Crippen LogP contribution in [0.4, 0.5) is 0 Å². The first kappa shape index (κ1) is 18.8. The predicted molar refractivity (Wildman–Crippen MR) is 98.1 cm³/mol. The molecule has 2 heterocycles. The van der Waals surface area contributed by atoms with Gasteiger partial charge in [-0.3, -0.25) is 0 Å². The molecule has 2 aromatic rings. The summed E-state index contributed by atoms with van der Waals surface area (Å²) in [5, 5.41) is 22.2. The van der Waals surface area contributed by atoms with Gasteiger partial charge in [0.2, 0.25) is 0 Å². The lowest BCUT2D eigenvalue weighted by Gasteiger charge is -2.22. The van der Waals surface area contributed by atoms with Crippen molar-refractivity contribution in [2.24, 2.45) is 0 Å². The molecule has 26 heavy (non-hydrogen) atoms. The average molecular weight is 360 g/mol. The highest BCUT2D eigenvalue weighted by Gasteiger charge is 2.36. The maximum absolute atomic E-state index is 10.3. The Bertz CT molecular complexity index is 726. The van der Waals surface area contributed by atoms with Crippen LogP contribution in [0.2, 0.25) is 0 Å². The van der Waals surface area contributed by atoms with Crippen LogP contribution < -0.4 is 10.1 Å². The summed E-state index contributed by atoms with van der Waals surface area (Å²) in [6.07, 6.45) is 1.24. The first-order chi connectivity index (χ1) is 12.4. The molecule has 1 saturated heterocycles. The second kappa shape index (κ2) is 7.73.